The molecular formula is C13H14O4S. The van der Waals surface area contributed by atoms with E-state index in [1.807, 2.05) is 6.08 Å². The summed E-state index contributed by atoms with van der Waals surface area (Å²) in [5.74, 6) is -1.09. The first-order valence-electron chi connectivity index (χ1n) is 5.66. The summed E-state index contributed by atoms with van der Waals surface area (Å²) in [5, 5.41) is 9.19. The van der Waals surface area contributed by atoms with Crippen molar-refractivity contribution in [2.45, 2.75) is 24.2 Å². The van der Waals surface area contributed by atoms with Crippen LogP contribution in [0.2, 0.25) is 0 Å². The largest absolute Gasteiger partial charge is 0.478 e. The molecule has 4 nitrogen and oxygen atoms in total. The lowest BCUT2D eigenvalue weighted by Crippen LogP contribution is -2.05. The van der Waals surface area contributed by atoms with Gasteiger partial charge in [0.1, 0.15) is 0 Å². The van der Waals surface area contributed by atoms with Gasteiger partial charge in [-0.2, -0.15) is 0 Å². The highest BCUT2D eigenvalue weighted by Gasteiger charge is 2.18. The molecule has 0 saturated carbocycles. The van der Waals surface area contributed by atoms with E-state index in [9.17, 15) is 18.3 Å². The van der Waals surface area contributed by atoms with Crippen LogP contribution in [0.25, 0.3) is 5.57 Å². The van der Waals surface area contributed by atoms with Gasteiger partial charge in [0.15, 0.2) is 9.84 Å². The molecule has 1 N–H and O–H groups in total. The van der Waals surface area contributed by atoms with E-state index in [4.69, 9.17) is 0 Å². The first kappa shape index (κ1) is 12.8. The van der Waals surface area contributed by atoms with E-state index < -0.39 is 15.8 Å². The average Bonchev–Trinajstić information content (AvgIpc) is 2.80. The van der Waals surface area contributed by atoms with Crippen molar-refractivity contribution in [3.05, 3.63) is 35.4 Å². The van der Waals surface area contributed by atoms with E-state index >= 15 is 0 Å². The first-order valence-corrected chi connectivity index (χ1v) is 7.55. The van der Waals surface area contributed by atoms with Gasteiger partial charge in [0.05, 0.1) is 10.5 Å². The molecule has 2 rings (SSSR count). The summed E-state index contributed by atoms with van der Waals surface area (Å²) in [4.78, 5) is 11.3. The predicted molar refractivity (Wildman–Crippen MR) is 68.3 cm³/mol. The van der Waals surface area contributed by atoms with Gasteiger partial charge in [0.25, 0.3) is 0 Å². The van der Waals surface area contributed by atoms with Crippen LogP contribution >= 0.6 is 0 Å². The van der Waals surface area contributed by atoms with E-state index in [1.165, 1.54) is 12.1 Å². The van der Waals surface area contributed by atoms with Crippen LogP contribution in [0.5, 0.6) is 0 Å². The molecule has 0 radical (unpaired) electrons. The molecule has 0 fully saturated rings. The van der Waals surface area contributed by atoms with E-state index in [-0.39, 0.29) is 10.5 Å². The van der Waals surface area contributed by atoms with Gasteiger partial charge in [-0.1, -0.05) is 12.1 Å². The third-order valence-electron chi connectivity index (χ3n) is 3.04. The fraction of sp³-hybridized carbons (Fsp3) is 0.308. The summed E-state index contributed by atoms with van der Waals surface area (Å²) in [5.41, 5.74) is 1.69. The molecule has 1 aromatic rings. The molecule has 0 bridgehead atoms. The second kappa shape index (κ2) is 4.57. The molecule has 96 valence electrons. The third-order valence-corrected chi connectivity index (χ3v) is 4.15. The lowest BCUT2D eigenvalue weighted by Gasteiger charge is -2.09. The summed E-state index contributed by atoms with van der Waals surface area (Å²) < 4.78 is 22.9. The van der Waals surface area contributed by atoms with Crippen molar-refractivity contribution in [1.82, 2.24) is 0 Å². The molecule has 1 aromatic carbocycles. The molecule has 0 spiro atoms. The molecule has 0 heterocycles. The number of carboxylic acid groups (broad SMARTS) is 1. The molecule has 18 heavy (non-hydrogen) atoms. The van der Waals surface area contributed by atoms with Crippen molar-refractivity contribution in [3.8, 4) is 0 Å². The minimum Gasteiger partial charge on any atom is -0.478 e. The Balaban J connectivity index is 2.58. The summed E-state index contributed by atoms with van der Waals surface area (Å²) in [7, 11) is -3.38. The van der Waals surface area contributed by atoms with Gasteiger partial charge in [-0.05, 0) is 42.5 Å². The van der Waals surface area contributed by atoms with Crippen LogP contribution in [-0.4, -0.2) is 25.7 Å². The molecule has 0 amide bonds. The monoisotopic (exact) mass is 266 g/mol. The zero-order valence-corrected chi connectivity index (χ0v) is 10.8. The SMILES string of the molecule is CS(=O)(=O)c1ccc(C2=CCCC2)c(C(=O)O)c1. The lowest BCUT2D eigenvalue weighted by atomic mass is 9.99. The Morgan fingerprint density at radius 1 is 1.33 bits per heavy atom. The van der Waals surface area contributed by atoms with Crippen LogP contribution < -0.4 is 0 Å². The molecular weight excluding hydrogens is 252 g/mol. The van der Waals surface area contributed by atoms with E-state index in [2.05, 4.69) is 0 Å². The number of sulfone groups is 1. The van der Waals surface area contributed by atoms with Crippen LogP contribution in [0.1, 0.15) is 35.2 Å². The minimum absolute atomic E-state index is 0.0437. The Bertz CT molecular complexity index is 626. The maximum atomic E-state index is 11.4. The standard InChI is InChI=1S/C13H14O4S/c1-18(16,17)10-6-7-11(9-4-2-3-5-9)12(8-10)13(14)15/h4,6-8H,2-3,5H2,1H3,(H,14,15). The number of hydrogen-bond donors (Lipinski definition) is 1. The molecule has 5 heteroatoms. The first-order chi connectivity index (χ1) is 8.39. The molecule has 1 aliphatic carbocycles. The second-order valence-electron chi connectivity index (χ2n) is 4.41. The highest BCUT2D eigenvalue weighted by atomic mass is 32.2. The minimum atomic E-state index is -3.38. The quantitative estimate of drug-likeness (QED) is 0.911. The molecule has 1 aliphatic rings. The number of benzene rings is 1. The van der Waals surface area contributed by atoms with Crippen molar-refractivity contribution in [1.29, 1.82) is 0 Å². The molecule has 0 atom stereocenters. The number of hydrogen-bond acceptors (Lipinski definition) is 3. The summed E-state index contributed by atoms with van der Waals surface area (Å²) in [6, 6.07) is 4.30. The zero-order chi connectivity index (χ0) is 13.3. The van der Waals surface area contributed by atoms with Gasteiger partial charge in [-0.25, -0.2) is 13.2 Å². The molecule has 0 aromatic heterocycles. The van der Waals surface area contributed by atoms with Gasteiger partial charge >= 0.3 is 5.97 Å². The highest BCUT2D eigenvalue weighted by Crippen LogP contribution is 2.31. The lowest BCUT2D eigenvalue weighted by molar-refractivity contribution is 0.0696. The van der Waals surface area contributed by atoms with Gasteiger partial charge in [-0.3, -0.25) is 0 Å². The van der Waals surface area contributed by atoms with Crippen LogP contribution in [0.15, 0.2) is 29.2 Å². The number of aromatic carboxylic acids is 1. The number of carboxylic acids is 1. The number of carbonyl (C=O) groups is 1. The van der Waals surface area contributed by atoms with Crippen molar-refractivity contribution in [2.75, 3.05) is 6.26 Å². The Labute approximate surface area is 106 Å². The van der Waals surface area contributed by atoms with Crippen molar-refractivity contribution >= 4 is 21.4 Å². The van der Waals surface area contributed by atoms with Crippen molar-refractivity contribution < 1.29 is 18.3 Å². The second-order valence-corrected chi connectivity index (χ2v) is 6.42. The maximum Gasteiger partial charge on any atom is 0.336 e. The van der Waals surface area contributed by atoms with Crippen LogP contribution in [0.3, 0.4) is 0 Å². The van der Waals surface area contributed by atoms with Gasteiger partial charge < -0.3 is 5.11 Å². The van der Waals surface area contributed by atoms with Crippen LogP contribution in [0.4, 0.5) is 0 Å². The third kappa shape index (κ3) is 2.46. The van der Waals surface area contributed by atoms with E-state index in [1.54, 1.807) is 6.07 Å². The fourth-order valence-corrected chi connectivity index (χ4v) is 2.77. The van der Waals surface area contributed by atoms with Crippen molar-refractivity contribution in [3.63, 3.8) is 0 Å². The normalized spacial score (nSPS) is 15.5. The maximum absolute atomic E-state index is 11.4. The van der Waals surface area contributed by atoms with Gasteiger partial charge in [0, 0.05) is 6.26 Å². The average molecular weight is 266 g/mol. The van der Waals surface area contributed by atoms with E-state index in [0.29, 0.717) is 5.56 Å². The highest BCUT2D eigenvalue weighted by molar-refractivity contribution is 7.90. The van der Waals surface area contributed by atoms with Gasteiger partial charge in [0.2, 0.25) is 0 Å². The number of allylic oxidation sites excluding steroid dienone is 2. The van der Waals surface area contributed by atoms with Crippen molar-refractivity contribution in [2.24, 2.45) is 0 Å². The molecule has 0 saturated heterocycles. The Morgan fingerprint density at radius 2 is 2.06 bits per heavy atom. The van der Waals surface area contributed by atoms with E-state index in [0.717, 1.165) is 31.1 Å². The fourth-order valence-electron chi connectivity index (χ4n) is 2.13. The summed E-state index contributed by atoms with van der Waals surface area (Å²) >= 11 is 0. The van der Waals surface area contributed by atoms with Gasteiger partial charge in [-0.15, -0.1) is 0 Å². The van der Waals surface area contributed by atoms with Crippen LogP contribution in [-0.2, 0) is 9.84 Å². The summed E-state index contributed by atoms with van der Waals surface area (Å²) in [6.45, 7) is 0. The Hall–Kier alpha value is -1.62. The predicted octanol–water partition coefficient (Wildman–Crippen LogP) is 2.36. The van der Waals surface area contributed by atoms with Crippen LogP contribution in [0, 0.1) is 0 Å². The number of rotatable bonds is 3. The molecule has 0 unspecified atom stereocenters. The molecule has 0 aliphatic heterocycles. The summed E-state index contributed by atoms with van der Waals surface area (Å²) in [6.07, 6.45) is 5.90. The Morgan fingerprint density at radius 3 is 2.56 bits per heavy atom. The topological polar surface area (TPSA) is 71.4 Å². The zero-order valence-electron chi connectivity index (χ0n) is 10.0. The Kier molecular flexibility index (Phi) is 3.26. The smallest absolute Gasteiger partial charge is 0.336 e.